The minimum Gasteiger partial charge on any atom is -0.467 e. The molecule has 1 aliphatic heterocycles. The Morgan fingerprint density at radius 3 is 2.96 bits per heavy atom. The van der Waals surface area contributed by atoms with Crippen molar-refractivity contribution in [1.29, 1.82) is 0 Å². The number of benzene rings is 2. The lowest BCUT2D eigenvalue weighted by atomic mass is 10.1. The summed E-state index contributed by atoms with van der Waals surface area (Å²) < 4.78 is 12.0. The van der Waals surface area contributed by atoms with E-state index in [1.165, 1.54) is 16.8 Å². The molecule has 0 saturated heterocycles. The Morgan fingerprint density at radius 1 is 1.28 bits per heavy atom. The van der Waals surface area contributed by atoms with Crippen molar-refractivity contribution in [2.24, 2.45) is 0 Å². The lowest BCUT2D eigenvalue weighted by Gasteiger charge is -2.20. The molecule has 1 aromatic heterocycles. The van der Waals surface area contributed by atoms with Crippen molar-refractivity contribution in [3.8, 4) is 5.75 Å². The highest BCUT2D eigenvalue weighted by Crippen LogP contribution is 2.32. The van der Waals surface area contributed by atoms with E-state index in [1.54, 1.807) is 18.3 Å². The van der Waals surface area contributed by atoms with Crippen molar-refractivity contribution in [1.82, 2.24) is 9.78 Å². The quantitative estimate of drug-likeness (QED) is 0.536. The van der Waals surface area contributed by atoms with Gasteiger partial charge in [-0.1, -0.05) is 18.2 Å². The second kappa shape index (κ2) is 5.99. The minimum absolute atomic E-state index is 0.0673. The molecule has 0 N–H and O–H groups in total. The summed E-state index contributed by atoms with van der Waals surface area (Å²) in [5.41, 5.74) is 0.781. The summed E-state index contributed by atoms with van der Waals surface area (Å²) in [4.78, 5) is 23.3. The minimum atomic E-state index is -0.477. The van der Waals surface area contributed by atoms with Crippen molar-refractivity contribution in [3.05, 3.63) is 74.2 Å². The summed E-state index contributed by atoms with van der Waals surface area (Å²) in [5.74, 6) is 0.513. The van der Waals surface area contributed by atoms with Crippen molar-refractivity contribution in [2.45, 2.75) is 13.2 Å². The molecule has 0 saturated carbocycles. The second-order valence-electron chi connectivity index (χ2n) is 5.66. The summed E-state index contributed by atoms with van der Waals surface area (Å²) in [7, 11) is 0. The van der Waals surface area contributed by atoms with Gasteiger partial charge >= 0.3 is 0 Å². The fourth-order valence-electron chi connectivity index (χ4n) is 2.91. The number of ether oxygens (including phenoxy) is 2. The standard InChI is InChI=1S/C17H13N3O5/c21-17-15-4-2-1-3-11(15)7-18-19(17)8-12-5-14(20(22)23)6-13-9-24-10-25-16(12)13/h1-7H,8-10H2. The van der Waals surface area contributed by atoms with Gasteiger partial charge in [0.05, 0.1) is 29.7 Å². The Bertz CT molecular complexity index is 1040. The molecule has 1 aliphatic rings. The van der Waals surface area contributed by atoms with Crippen LogP contribution in [0.4, 0.5) is 5.69 Å². The molecular weight excluding hydrogens is 326 g/mol. The van der Waals surface area contributed by atoms with Gasteiger partial charge in [0.2, 0.25) is 0 Å². The maximum absolute atomic E-state index is 12.6. The van der Waals surface area contributed by atoms with Crippen LogP contribution in [0.5, 0.6) is 5.75 Å². The maximum atomic E-state index is 12.6. The van der Waals surface area contributed by atoms with Crippen molar-refractivity contribution in [2.75, 3.05) is 6.79 Å². The average molecular weight is 339 g/mol. The topological polar surface area (TPSA) is 96.5 Å². The van der Waals surface area contributed by atoms with Gasteiger partial charge < -0.3 is 9.47 Å². The molecule has 0 bridgehead atoms. The fraction of sp³-hybridized carbons (Fsp3) is 0.176. The molecule has 2 aromatic carbocycles. The molecule has 2 heterocycles. The number of hydrogen-bond acceptors (Lipinski definition) is 6. The monoisotopic (exact) mass is 339 g/mol. The Morgan fingerprint density at radius 2 is 2.12 bits per heavy atom. The smallest absolute Gasteiger partial charge is 0.274 e. The van der Waals surface area contributed by atoms with Gasteiger partial charge in [-0.05, 0) is 6.07 Å². The molecule has 0 unspecified atom stereocenters. The fourth-order valence-corrected chi connectivity index (χ4v) is 2.91. The maximum Gasteiger partial charge on any atom is 0.274 e. The first-order valence-electron chi connectivity index (χ1n) is 7.59. The Balaban J connectivity index is 1.83. The third-order valence-corrected chi connectivity index (χ3v) is 4.06. The van der Waals surface area contributed by atoms with Gasteiger partial charge in [-0.2, -0.15) is 5.10 Å². The van der Waals surface area contributed by atoms with Crippen LogP contribution in [-0.4, -0.2) is 21.5 Å². The van der Waals surface area contributed by atoms with Crippen LogP contribution < -0.4 is 10.3 Å². The van der Waals surface area contributed by atoms with E-state index in [-0.39, 0.29) is 31.2 Å². The van der Waals surface area contributed by atoms with Crippen molar-refractivity contribution < 1.29 is 14.4 Å². The van der Waals surface area contributed by atoms with Gasteiger partial charge in [0.25, 0.3) is 11.2 Å². The molecule has 0 fully saturated rings. The van der Waals surface area contributed by atoms with E-state index in [2.05, 4.69) is 5.10 Å². The Labute approximate surface area is 141 Å². The third kappa shape index (κ3) is 2.72. The largest absolute Gasteiger partial charge is 0.467 e. The first-order valence-corrected chi connectivity index (χ1v) is 7.59. The van der Waals surface area contributed by atoms with Crippen LogP contribution in [0.3, 0.4) is 0 Å². The molecular formula is C17H13N3O5. The van der Waals surface area contributed by atoms with E-state index in [9.17, 15) is 14.9 Å². The zero-order valence-electron chi connectivity index (χ0n) is 13.0. The molecule has 8 nitrogen and oxygen atoms in total. The van der Waals surface area contributed by atoms with Crippen LogP contribution >= 0.6 is 0 Å². The second-order valence-corrected chi connectivity index (χ2v) is 5.66. The summed E-state index contributed by atoms with van der Waals surface area (Å²) in [6.07, 6.45) is 1.60. The van der Waals surface area contributed by atoms with E-state index in [4.69, 9.17) is 9.47 Å². The average Bonchev–Trinajstić information content (AvgIpc) is 2.64. The summed E-state index contributed by atoms with van der Waals surface area (Å²) in [6, 6.07) is 9.98. The number of hydrogen-bond donors (Lipinski definition) is 0. The zero-order valence-corrected chi connectivity index (χ0v) is 13.0. The predicted octanol–water partition coefficient (Wildman–Crippen LogP) is 2.22. The number of nitro benzene ring substituents is 1. The molecule has 4 rings (SSSR count). The van der Waals surface area contributed by atoms with Crippen molar-refractivity contribution in [3.63, 3.8) is 0 Å². The molecule has 8 heteroatoms. The third-order valence-electron chi connectivity index (χ3n) is 4.06. The van der Waals surface area contributed by atoms with E-state index in [1.807, 2.05) is 12.1 Å². The first-order chi connectivity index (χ1) is 12.1. The van der Waals surface area contributed by atoms with E-state index in [0.29, 0.717) is 22.3 Å². The van der Waals surface area contributed by atoms with E-state index < -0.39 is 4.92 Å². The summed E-state index contributed by atoms with van der Waals surface area (Å²) in [6.45, 7) is 0.371. The number of nitrogens with zero attached hydrogens (tertiary/aromatic N) is 3. The molecule has 25 heavy (non-hydrogen) atoms. The van der Waals surface area contributed by atoms with Crippen LogP contribution in [0.25, 0.3) is 10.8 Å². The highest BCUT2D eigenvalue weighted by Gasteiger charge is 2.21. The molecule has 0 aliphatic carbocycles. The Hall–Kier alpha value is -3.26. The Kier molecular flexibility index (Phi) is 3.66. The van der Waals surface area contributed by atoms with Gasteiger partial charge in [0, 0.05) is 28.6 Å². The van der Waals surface area contributed by atoms with E-state index in [0.717, 1.165) is 5.39 Å². The number of fused-ring (bicyclic) bond motifs is 2. The van der Waals surface area contributed by atoms with Gasteiger partial charge in [0.15, 0.2) is 6.79 Å². The number of nitro groups is 1. The SMILES string of the molecule is O=c1c2ccccc2cnn1Cc1cc([N+](=O)[O-])cc2c1OCOC2. The van der Waals surface area contributed by atoms with Crippen LogP contribution in [-0.2, 0) is 17.9 Å². The highest BCUT2D eigenvalue weighted by atomic mass is 16.7. The van der Waals surface area contributed by atoms with Gasteiger partial charge in [-0.3, -0.25) is 14.9 Å². The van der Waals surface area contributed by atoms with Gasteiger partial charge in [-0.15, -0.1) is 0 Å². The molecule has 3 aromatic rings. The highest BCUT2D eigenvalue weighted by molar-refractivity contribution is 5.80. The zero-order chi connectivity index (χ0) is 17.4. The van der Waals surface area contributed by atoms with Crippen LogP contribution in [0.2, 0.25) is 0 Å². The number of non-ortho nitro benzene ring substituents is 1. The summed E-state index contributed by atoms with van der Waals surface area (Å²) in [5, 5.41) is 16.6. The first kappa shape index (κ1) is 15.3. The van der Waals surface area contributed by atoms with Gasteiger partial charge in [-0.25, -0.2) is 4.68 Å². The molecule has 0 amide bonds. The van der Waals surface area contributed by atoms with Crippen molar-refractivity contribution >= 4 is 16.5 Å². The normalized spacial score (nSPS) is 13.3. The predicted molar refractivity (Wildman–Crippen MR) is 88.5 cm³/mol. The molecule has 0 spiro atoms. The lowest BCUT2D eigenvalue weighted by molar-refractivity contribution is -0.385. The number of rotatable bonds is 3. The van der Waals surface area contributed by atoms with E-state index >= 15 is 0 Å². The molecule has 0 atom stereocenters. The molecule has 126 valence electrons. The van der Waals surface area contributed by atoms with Crippen LogP contribution in [0, 0.1) is 10.1 Å². The van der Waals surface area contributed by atoms with Gasteiger partial charge in [0.1, 0.15) is 5.75 Å². The summed E-state index contributed by atoms with van der Waals surface area (Å²) >= 11 is 0. The van der Waals surface area contributed by atoms with Crippen LogP contribution in [0.1, 0.15) is 11.1 Å². The molecule has 0 radical (unpaired) electrons. The van der Waals surface area contributed by atoms with Crippen LogP contribution in [0.15, 0.2) is 47.4 Å². The lowest BCUT2D eigenvalue weighted by Crippen LogP contribution is -2.24. The number of aromatic nitrogens is 2.